The van der Waals surface area contributed by atoms with Gasteiger partial charge in [0.15, 0.2) is 10.8 Å². The molecule has 0 atom stereocenters. The zero-order valence-corrected chi connectivity index (χ0v) is 12.9. The molecular formula is C13H14N4O2S2. The van der Waals surface area contributed by atoms with Crippen molar-refractivity contribution in [2.24, 2.45) is 0 Å². The van der Waals surface area contributed by atoms with Crippen LogP contribution in [0, 0.1) is 0 Å². The van der Waals surface area contributed by atoms with Gasteiger partial charge in [-0.05, 0) is 24.1 Å². The van der Waals surface area contributed by atoms with E-state index < -0.39 is 10.0 Å². The maximum Gasteiger partial charge on any atom is 0.281 e. The molecule has 0 aliphatic carbocycles. The van der Waals surface area contributed by atoms with Crippen molar-refractivity contribution in [2.75, 3.05) is 10.5 Å². The molecule has 0 saturated heterocycles. The topological polar surface area (TPSA) is 89.5 Å². The largest absolute Gasteiger partial charge is 0.381 e. The number of nitrogens with one attached hydrogen (secondary N) is 1. The number of imidazole rings is 1. The lowest BCUT2D eigenvalue weighted by Gasteiger charge is -2.09. The van der Waals surface area contributed by atoms with Crippen LogP contribution in [0.5, 0.6) is 0 Å². The highest BCUT2D eigenvalue weighted by molar-refractivity contribution is 7.92. The molecule has 0 fully saturated rings. The number of hydrogen-bond acceptors (Lipinski definition) is 5. The van der Waals surface area contributed by atoms with E-state index in [0.717, 1.165) is 12.0 Å². The summed E-state index contributed by atoms with van der Waals surface area (Å²) in [5, 5.41) is 1.74. The Balaban J connectivity index is 2.04. The minimum atomic E-state index is -3.79. The number of aromatic nitrogens is 2. The quantitative estimate of drug-likeness (QED) is 0.771. The number of sulfonamides is 1. The predicted molar refractivity (Wildman–Crippen MR) is 84.1 cm³/mol. The number of anilines is 2. The lowest BCUT2D eigenvalue weighted by molar-refractivity contribution is 0.597. The fourth-order valence-corrected chi connectivity index (χ4v) is 4.15. The van der Waals surface area contributed by atoms with Gasteiger partial charge in [0.05, 0.1) is 0 Å². The minimum Gasteiger partial charge on any atom is -0.381 e. The van der Waals surface area contributed by atoms with Gasteiger partial charge >= 0.3 is 0 Å². The number of benzene rings is 1. The molecule has 0 saturated carbocycles. The summed E-state index contributed by atoms with van der Waals surface area (Å²) in [5.74, 6) is 0.000922. The average molecular weight is 322 g/mol. The zero-order valence-electron chi connectivity index (χ0n) is 11.3. The second-order valence-electron chi connectivity index (χ2n) is 4.52. The Labute approximate surface area is 126 Å². The van der Waals surface area contributed by atoms with Crippen LogP contribution in [0.25, 0.3) is 4.96 Å². The van der Waals surface area contributed by atoms with E-state index in [1.165, 1.54) is 15.7 Å². The molecule has 2 heterocycles. The van der Waals surface area contributed by atoms with Crippen LogP contribution < -0.4 is 10.5 Å². The summed E-state index contributed by atoms with van der Waals surface area (Å²) in [6.45, 7) is 2.01. The van der Waals surface area contributed by atoms with Crippen LogP contribution in [0.15, 0.2) is 40.9 Å². The van der Waals surface area contributed by atoms with Crippen LogP contribution in [-0.2, 0) is 16.4 Å². The fraction of sp³-hybridized carbons (Fsp3) is 0.154. The van der Waals surface area contributed by atoms with Gasteiger partial charge in [0.25, 0.3) is 10.0 Å². The molecule has 0 radical (unpaired) electrons. The molecule has 21 heavy (non-hydrogen) atoms. The lowest BCUT2D eigenvalue weighted by Crippen LogP contribution is -2.16. The molecule has 1 aromatic carbocycles. The van der Waals surface area contributed by atoms with E-state index in [1.54, 1.807) is 23.7 Å². The first kappa shape index (κ1) is 13.9. The molecule has 0 amide bonds. The average Bonchev–Trinajstić information content (AvgIpc) is 2.97. The van der Waals surface area contributed by atoms with Gasteiger partial charge < -0.3 is 5.73 Å². The van der Waals surface area contributed by atoms with Gasteiger partial charge in [0, 0.05) is 17.3 Å². The Kier molecular flexibility index (Phi) is 3.34. The van der Waals surface area contributed by atoms with Gasteiger partial charge in [-0.2, -0.15) is 8.42 Å². The number of thiazole rings is 1. The minimum absolute atomic E-state index is 0.000922. The van der Waals surface area contributed by atoms with Gasteiger partial charge in [-0.3, -0.25) is 9.12 Å². The first-order valence-electron chi connectivity index (χ1n) is 6.34. The van der Waals surface area contributed by atoms with Crippen LogP contribution in [-0.4, -0.2) is 17.8 Å². The standard InChI is InChI=1S/C13H14N4O2S2/c1-2-9-4-3-5-10(8-9)16-21(18,19)12-11(14)15-13-17(12)6-7-20-13/h3-8,16H,2,14H2,1H3. The van der Waals surface area contributed by atoms with Crippen LogP contribution in [0.3, 0.4) is 0 Å². The van der Waals surface area contributed by atoms with E-state index in [-0.39, 0.29) is 10.8 Å². The first-order chi connectivity index (χ1) is 10.0. The Morgan fingerprint density at radius 3 is 3.00 bits per heavy atom. The van der Waals surface area contributed by atoms with Gasteiger partial charge in [-0.25, -0.2) is 4.98 Å². The molecule has 2 aromatic heterocycles. The zero-order chi connectivity index (χ0) is 15.0. The van der Waals surface area contributed by atoms with Gasteiger partial charge in [0.2, 0.25) is 5.03 Å². The van der Waals surface area contributed by atoms with E-state index >= 15 is 0 Å². The summed E-state index contributed by atoms with van der Waals surface area (Å²) < 4.78 is 29.1. The number of nitrogen functional groups attached to an aromatic ring is 1. The van der Waals surface area contributed by atoms with Crippen molar-refractivity contribution >= 4 is 37.8 Å². The summed E-state index contributed by atoms with van der Waals surface area (Å²) >= 11 is 1.33. The second-order valence-corrected chi connectivity index (χ2v) is 6.99. The maximum absolute atomic E-state index is 12.5. The number of rotatable bonds is 4. The van der Waals surface area contributed by atoms with E-state index in [0.29, 0.717) is 10.6 Å². The Morgan fingerprint density at radius 1 is 1.43 bits per heavy atom. The maximum atomic E-state index is 12.5. The van der Waals surface area contributed by atoms with Gasteiger partial charge in [0.1, 0.15) is 0 Å². The third kappa shape index (κ3) is 2.47. The summed E-state index contributed by atoms with van der Waals surface area (Å²) in [4.78, 5) is 4.61. The van der Waals surface area contributed by atoms with Crippen molar-refractivity contribution in [3.05, 3.63) is 41.4 Å². The van der Waals surface area contributed by atoms with Crippen LogP contribution in [0.4, 0.5) is 11.5 Å². The SMILES string of the molecule is CCc1cccc(NS(=O)(=O)c2c(N)nc3sccn23)c1. The molecule has 0 aliphatic heterocycles. The number of hydrogen-bond donors (Lipinski definition) is 2. The fourth-order valence-electron chi connectivity index (χ4n) is 2.11. The van der Waals surface area contributed by atoms with E-state index in [2.05, 4.69) is 9.71 Å². The third-order valence-corrected chi connectivity index (χ3v) is 5.26. The normalized spacial score (nSPS) is 11.9. The molecule has 0 spiro atoms. The molecule has 3 rings (SSSR count). The molecule has 0 aliphatic rings. The summed E-state index contributed by atoms with van der Waals surface area (Å²) in [6, 6.07) is 7.27. The third-order valence-electron chi connectivity index (χ3n) is 3.09. The number of nitrogens with zero attached hydrogens (tertiary/aromatic N) is 2. The first-order valence-corrected chi connectivity index (χ1v) is 8.70. The molecule has 3 N–H and O–H groups in total. The molecule has 8 heteroatoms. The molecule has 110 valence electrons. The molecule has 0 unspecified atom stereocenters. The monoisotopic (exact) mass is 322 g/mol. The number of nitrogens with two attached hydrogens (primary N) is 1. The smallest absolute Gasteiger partial charge is 0.281 e. The Hall–Kier alpha value is -2.06. The summed E-state index contributed by atoms with van der Waals surface area (Å²) in [7, 11) is -3.79. The van der Waals surface area contributed by atoms with E-state index in [1.807, 2.05) is 19.1 Å². The van der Waals surface area contributed by atoms with E-state index in [4.69, 9.17) is 5.73 Å². The van der Waals surface area contributed by atoms with Crippen molar-refractivity contribution in [1.82, 2.24) is 9.38 Å². The number of aryl methyl sites for hydroxylation is 1. The molecular weight excluding hydrogens is 308 g/mol. The van der Waals surface area contributed by atoms with Crippen molar-refractivity contribution in [1.29, 1.82) is 0 Å². The lowest BCUT2D eigenvalue weighted by atomic mass is 10.1. The van der Waals surface area contributed by atoms with Crippen molar-refractivity contribution in [3.8, 4) is 0 Å². The highest BCUT2D eigenvalue weighted by Gasteiger charge is 2.24. The summed E-state index contributed by atoms with van der Waals surface area (Å²) in [6.07, 6.45) is 2.47. The van der Waals surface area contributed by atoms with Crippen molar-refractivity contribution in [2.45, 2.75) is 18.4 Å². The van der Waals surface area contributed by atoms with Crippen molar-refractivity contribution < 1.29 is 8.42 Å². The van der Waals surface area contributed by atoms with E-state index in [9.17, 15) is 8.42 Å². The molecule has 0 bridgehead atoms. The van der Waals surface area contributed by atoms with Crippen LogP contribution in [0.2, 0.25) is 0 Å². The molecule has 3 aromatic rings. The highest BCUT2D eigenvalue weighted by Crippen LogP contribution is 2.25. The molecule has 6 nitrogen and oxygen atoms in total. The predicted octanol–water partition coefficient (Wildman–Crippen LogP) is 2.34. The Bertz CT molecular complexity index is 896. The number of fused-ring (bicyclic) bond motifs is 1. The van der Waals surface area contributed by atoms with Gasteiger partial charge in [-0.15, -0.1) is 11.3 Å². The summed E-state index contributed by atoms with van der Waals surface area (Å²) in [5.41, 5.74) is 7.31. The van der Waals surface area contributed by atoms with Crippen molar-refractivity contribution in [3.63, 3.8) is 0 Å². The second kappa shape index (κ2) is 5.05. The van der Waals surface area contributed by atoms with Gasteiger partial charge in [-0.1, -0.05) is 19.1 Å². The highest BCUT2D eigenvalue weighted by atomic mass is 32.2. The Morgan fingerprint density at radius 2 is 2.24 bits per heavy atom. The van der Waals surface area contributed by atoms with Crippen LogP contribution in [0.1, 0.15) is 12.5 Å². The van der Waals surface area contributed by atoms with Crippen LogP contribution >= 0.6 is 11.3 Å².